The number of para-hydroxylation sites is 1. The van der Waals surface area contributed by atoms with Gasteiger partial charge in [0, 0.05) is 23.7 Å². The SMILES string of the molecule is S=C(/N=C(/Nc1ccccc1CCl)c1ccccc1)NCc1ccccc1. The molecule has 3 aromatic carbocycles. The van der Waals surface area contributed by atoms with Gasteiger partial charge >= 0.3 is 0 Å². The lowest BCUT2D eigenvalue weighted by atomic mass is 10.1. The quantitative estimate of drug-likeness (QED) is 0.265. The summed E-state index contributed by atoms with van der Waals surface area (Å²) >= 11 is 11.5. The topological polar surface area (TPSA) is 36.4 Å². The zero-order chi connectivity index (χ0) is 18.9. The molecule has 3 aromatic rings. The second-order valence-electron chi connectivity index (χ2n) is 5.89. The van der Waals surface area contributed by atoms with Crippen LogP contribution in [0.25, 0.3) is 0 Å². The minimum absolute atomic E-state index is 0.419. The Kier molecular flexibility index (Phi) is 6.97. The number of nitrogens with zero attached hydrogens (tertiary/aromatic N) is 1. The largest absolute Gasteiger partial charge is 0.357 e. The first-order valence-electron chi connectivity index (χ1n) is 8.63. The number of benzene rings is 3. The van der Waals surface area contributed by atoms with Gasteiger partial charge in [-0.25, -0.2) is 4.99 Å². The lowest BCUT2D eigenvalue weighted by Crippen LogP contribution is -2.23. The highest BCUT2D eigenvalue weighted by Crippen LogP contribution is 2.18. The van der Waals surface area contributed by atoms with Crippen LogP contribution < -0.4 is 10.6 Å². The molecule has 0 heterocycles. The number of thiocarbonyl (C=S) groups is 1. The van der Waals surface area contributed by atoms with Crippen molar-refractivity contribution in [1.82, 2.24) is 5.32 Å². The number of nitrogens with one attached hydrogen (secondary N) is 2. The Morgan fingerprint density at radius 3 is 2.19 bits per heavy atom. The van der Waals surface area contributed by atoms with Crippen molar-refractivity contribution in [3.8, 4) is 0 Å². The van der Waals surface area contributed by atoms with Gasteiger partial charge in [-0.15, -0.1) is 11.6 Å². The molecule has 0 atom stereocenters. The fourth-order valence-corrected chi connectivity index (χ4v) is 2.96. The third-order valence-corrected chi connectivity index (χ3v) is 4.49. The van der Waals surface area contributed by atoms with Crippen LogP contribution in [-0.2, 0) is 12.4 Å². The standard InChI is InChI=1S/C22H20ClN3S/c23-15-19-13-7-8-14-20(19)25-21(18-11-5-2-6-12-18)26-22(27)24-16-17-9-3-1-4-10-17/h1-14H,15-16H2,(H2,24,25,26,27). The van der Waals surface area contributed by atoms with Crippen LogP contribution in [0.15, 0.2) is 89.9 Å². The number of hydrogen-bond acceptors (Lipinski definition) is 1. The van der Waals surface area contributed by atoms with Gasteiger partial charge in [-0.3, -0.25) is 0 Å². The van der Waals surface area contributed by atoms with E-state index in [4.69, 9.17) is 23.8 Å². The van der Waals surface area contributed by atoms with E-state index in [2.05, 4.69) is 15.6 Å². The van der Waals surface area contributed by atoms with E-state index in [0.29, 0.717) is 23.4 Å². The number of rotatable bonds is 5. The van der Waals surface area contributed by atoms with E-state index >= 15 is 0 Å². The van der Waals surface area contributed by atoms with Crippen molar-refractivity contribution in [2.24, 2.45) is 4.99 Å². The Labute approximate surface area is 170 Å². The van der Waals surface area contributed by atoms with Gasteiger partial charge in [-0.05, 0) is 29.4 Å². The summed E-state index contributed by atoms with van der Waals surface area (Å²) in [5.74, 6) is 1.10. The summed E-state index contributed by atoms with van der Waals surface area (Å²) in [7, 11) is 0. The predicted molar refractivity (Wildman–Crippen MR) is 118 cm³/mol. The summed E-state index contributed by atoms with van der Waals surface area (Å²) in [5, 5.41) is 7.00. The molecule has 3 nitrogen and oxygen atoms in total. The Hall–Kier alpha value is -2.69. The molecule has 136 valence electrons. The number of anilines is 1. The van der Waals surface area contributed by atoms with Crippen molar-refractivity contribution >= 4 is 40.5 Å². The second-order valence-corrected chi connectivity index (χ2v) is 6.54. The molecule has 0 saturated heterocycles. The van der Waals surface area contributed by atoms with Gasteiger partial charge in [0.15, 0.2) is 5.11 Å². The average molecular weight is 394 g/mol. The van der Waals surface area contributed by atoms with Crippen molar-refractivity contribution in [1.29, 1.82) is 0 Å². The molecule has 0 radical (unpaired) electrons. The van der Waals surface area contributed by atoms with Gasteiger partial charge in [0.1, 0.15) is 5.84 Å². The lowest BCUT2D eigenvalue weighted by molar-refractivity contribution is 0.920. The molecule has 0 aliphatic heterocycles. The maximum absolute atomic E-state index is 6.07. The van der Waals surface area contributed by atoms with E-state index in [0.717, 1.165) is 22.4 Å². The van der Waals surface area contributed by atoms with Crippen LogP contribution in [-0.4, -0.2) is 10.9 Å². The summed E-state index contributed by atoms with van der Waals surface area (Å²) in [6, 6.07) is 27.9. The fourth-order valence-electron chi connectivity index (χ4n) is 2.56. The van der Waals surface area contributed by atoms with Crippen LogP contribution >= 0.6 is 23.8 Å². The van der Waals surface area contributed by atoms with Gasteiger partial charge < -0.3 is 10.6 Å². The van der Waals surface area contributed by atoms with Gasteiger partial charge in [-0.1, -0.05) is 78.9 Å². The van der Waals surface area contributed by atoms with Crippen molar-refractivity contribution in [3.63, 3.8) is 0 Å². The summed E-state index contributed by atoms with van der Waals surface area (Å²) in [6.07, 6.45) is 0. The number of halogens is 1. The van der Waals surface area contributed by atoms with Gasteiger partial charge in [0.25, 0.3) is 0 Å². The maximum atomic E-state index is 6.07. The highest BCUT2D eigenvalue weighted by molar-refractivity contribution is 7.80. The van der Waals surface area contributed by atoms with Crippen molar-refractivity contribution in [2.45, 2.75) is 12.4 Å². The normalized spacial score (nSPS) is 11.1. The molecule has 0 fully saturated rings. The number of hydrogen-bond donors (Lipinski definition) is 2. The van der Waals surface area contributed by atoms with Gasteiger partial charge in [0.05, 0.1) is 0 Å². The average Bonchev–Trinajstić information content (AvgIpc) is 2.73. The maximum Gasteiger partial charge on any atom is 0.195 e. The first-order valence-corrected chi connectivity index (χ1v) is 9.57. The second kappa shape index (κ2) is 9.86. The minimum Gasteiger partial charge on any atom is -0.357 e. The Morgan fingerprint density at radius 2 is 1.48 bits per heavy atom. The van der Waals surface area contributed by atoms with Gasteiger partial charge in [-0.2, -0.15) is 0 Å². The molecule has 0 unspecified atom stereocenters. The molecule has 0 aliphatic rings. The van der Waals surface area contributed by atoms with Crippen LogP contribution in [0.5, 0.6) is 0 Å². The van der Waals surface area contributed by atoms with Crippen LogP contribution in [0, 0.1) is 0 Å². The highest BCUT2D eigenvalue weighted by atomic mass is 35.5. The van der Waals surface area contributed by atoms with E-state index < -0.39 is 0 Å². The number of aliphatic imine (C=N–C) groups is 1. The van der Waals surface area contributed by atoms with Crippen molar-refractivity contribution in [2.75, 3.05) is 5.32 Å². The van der Waals surface area contributed by atoms with Crippen LogP contribution in [0.3, 0.4) is 0 Å². The van der Waals surface area contributed by atoms with E-state index in [1.54, 1.807) is 0 Å². The Bertz CT molecular complexity index is 911. The minimum atomic E-state index is 0.419. The molecule has 5 heteroatoms. The molecule has 0 amide bonds. The number of alkyl halides is 1. The fraction of sp³-hybridized carbons (Fsp3) is 0.0909. The van der Waals surface area contributed by atoms with Crippen molar-refractivity contribution in [3.05, 3.63) is 102 Å². The van der Waals surface area contributed by atoms with Gasteiger partial charge in [0.2, 0.25) is 0 Å². The lowest BCUT2D eigenvalue weighted by Gasteiger charge is -2.14. The van der Waals surface area contributed by atoms with E-state index in [9.17, 15) is 0 Å². The summed E-state index contributed by atoms with van der Waals surface area (Å²) in [5.41, 5.74) is 4.02. The zero-order valence-electron chi connectivity index (χ0n) is 14.7. The monoisotopic (exact) mass is 393 g/mol. The summed E-state index contributed by atoms with van der Waals surface area (Å²) in [6.45, 7) is 0.628. The molecular weight excluding hydrogens is 374 g/mol. The molecule has 0 bridgehead atoms. The molecule has 0 spiro atoms. The zero-order valence-corrected chi connectivity index (χ0v) is 16.3. The van der Waals surface area contributed by atoms with E-state index in [1.165, 1.54) is 0 Å². The Balaban J connectivity index is 1.81. The van der Waals surface area contributed by atoms with E-state index in [-0.39, 0.29) is 0 Å². The molecule has 2 N–H and O–H groups in total. The highest BCUT2D eigenvalue weighted by Gasteiger charge is 2.08. The molecule has 27 heavy (non-hydrogen) atoms. The molecule has 0 saturated carbocycles. The van der Waals surface area contributed by atoms with Crippen LogP contribution in [0.1, 0.15) is 16.7 Å². The third kappa shape index (κ3) is 5.64. The third-order valence-electron chi connectivity index (χ3n) is 3.96. The first-order chi connectivity index (χ1) is 13.3. The molecule has 0 aliphatic carbocycles. The van der Waals surface area contributed by atoms with Crippen LogP contribution in [0.4, 0.5) is 5.69 Å². The summed E-state index contributed by atoms with van der Waals surface area (Å²) < 4.78 is 0. The Morgan fingerprint density at radius 1 is 0.852 bits per heavy atom. The molecule has 3 rings (SSSR count). The smallest absolute Gasteiger partial charge is 0.195 e. The van der Waals surface area contributed by atoms with Crippen molar-refractivity contribution < 1.29 is 0 Å². The molecule has 0 aromatic heterocycles. The van der Waals surface area contributed by atoms with E-state index in [1.807, 2.05) is 84.9 Å². The first kappa shape index (κ1) is 19.1. The predicted octanol–water partition coefficient (Wildman–Crippen LogP) is 5.36. The number of amidine groups is 1. The molecular formula is C22H20ClN3S. The van der Waals surface area contributed by atoms with Crippen LogP contribution in [0.2, 0.25) is 0 Å². The summed E-state index contributed by atoms with van der Waals surface area (Å²) in [4.78, 5) is 4.62.